The summed E-state index contributed by atoms with van der Waals surface area (Å²) in [7, 11) is 0. The molecule has 0 aliphatic carbocycles. The number of carbonyl (C=O) groups is 1. The second-order valence-corrected chi connectivity index (χ2v) is 6.67. The lowest BCUT2D eigenvalue weighted by atomic mass is 10.2. The minimum absolute atomic E-state index is 0.0952. The summed E-state index contributed by atoms with van der Waals surface area (Å²) in [4.78, 5) is 11.7. The molecule has 0 aromatic heterocycles. The lowest BCUT2D eigenvalue weighted by molar-refractivity contribution is -0.118. The molecule has 0 spiro atoms. The first kappa shape index (κ1) is 18.6. The number of halogens is 2. The zero-order chi connectivity index (χ0) is 17.4. The number of rotatable bonds is 8. The van der Waals surface area contributed by atoms with Gasteiger partial charge in [-0.3, -0.25) is 4.79 Å². The van der Waals surface area contributed by atoms with Crippen molar-refractivity contribution in [3.63, 3.8) is 0 Å². The third kappa shape index (κ3) is 6.42. The maximum absolute atomic E-state index is 13.6. The van der Waals surface area contributed by atoms with Gasteiger partial charge < -0.3 is 10.1 Å². The number of nitrogens with one attached hydrogen (secondary N) is 1. The Labute approximate surface area is 150 Å². The molecule has 6 heteroatoms. The standard InChI is InChI=1S/C18H19ClFNO2S/c1-13-3-2-4-16(9-13)23-8-7-21-18(22)12-24-11-14-5-6-15(19)10-17(14)20/h2-6,9-10H,7-8,11-12H2,1H3,(H,21,22). The van der Waals surface area contributed by atoms with Crippen molar-refractivity contribution in [2.45, 2.75) is 12.7 Å². The molecule has 0 fully saturated rings. The van der Waals surface area contributed by atoms with Crippen LogP contribution in [0, 0.1) is 12.7 Å². The van der Waals surface area contributed by atoms with Crippen molar-refractivity contribution in [2.75, 3.05) is 18.9 Å². The molecule has 0 bridgehead atoms. The van der Waals surface area contributed by atoms with Crippen molar-refractivity contribution in [3.05, 3.63) is 64.4 Å². The molecule has 2 rings (SSSR count). The number of hydrogen-bond donors (Lipinski definition) is 1. The quantitative estimate of drug-likeness (QED) is 0.710. The Kier molecular flexibility index (Phi) is 7.40. The van der Waals surface area contributed by atoms with Gasteiger partial charge in [0.05, 0.1) is 12.3 Å². The summed E-state index contributed by atoms with van der Waals surface area (Å²) in [6, 6.07) is 12.3. The highest BCUT2D eigenvalue weighted by molar-refractivity contribution is 7.99. The molecule has 24 heavy (non-hydrogen) atoms. The summed E-state index contributed by atoms with van der Waals surface area (Å²) in [5, 5.41) is 3.15. The zero-order valence-electron chi connectivity index (χ0n) is 13.4. The highest BCUT2D eigenvalue weighted by Gasteiger charge is 2.06. The molecule has 1 amide bonds. The third-order valence-electron chi connectivity index (χ3n) is 3.19. The predicted octanol–water partition coefficient (Wildman–Crippen LogP) is 4.22. The van der Waals surface area contributed by atoms with Crippen molar-refractivity contribution in [1.82, 2.24) is 5.32 Å². The van der Waals surface area contributed by atoms with E-state index in [0.717, 1.165) is 11.3 Å². The van der Waals surface area contributed by atoms with E-state index < -0.39 is 0 Å². The average molecular weight is 368 g/mol. The Morgan fingerprint density at radius 2 is 2.12 bits per heavy atom. The van der Waals surface area contributed by atoms with E-state index in [1.165, 1.54) is 17.8 Å². The van der Waals surface area contributed by atoms with Gasteiger partial charge in [-0.15, -0.1) is 11.8 Å². The third-order valence-corrected chi connectivity index (χ3v) is 4.40. The van der Waals surface area contributed by atoms with Crippen molar-refractivity contribution in [3.8, 4) is 5.75 Å². The summed E-state index contributed by atoms with van der Waals surface area (Å²) in [5.41, 5.74) is 1.67. The van der Waals surface area contributed by atoms with Crippen molar-refractivity contribution < 1.29 is 13.9 Å². The van der Waals surface area contributed by atoms with Gasteiger partial charge >= 0.3 is 0 Å². The molecule has 0 aliphatic rings. The Balaban J connectivity index is 1.61. The lowest BCUT2D eigenvalue weighted by Gasteiger charge is -2.08. The number of amides is 1. The molecule has 0 aliphatic heterocycles. The Morgan fingerprint density at radius 1 is 1.29 bits per heavy atom. The highest BCUT2D eigenvalue weighted by atomic mass is 35.5. The van der Waals surface area contributed by atoms with Crippen LogP contribution >= 0.6 is 23.4 Å². The summed E-state index contributed by atoms with van der Waals surface area (Å²) < 4.78 is 19.2. The normalized spacial score (nSPS) is 10.5. The van der Waals surface area contributed by atoms with Crippen molar-refractivity contribution in [1.29, 1.82) is 0 Å². The van der Waals surface area contributed by atoms with E-state index in [-0.39, 0.29) is 17.5 Å². The molecule has 1 N–H and O–H groups in total. The number of thioether (sulfide) groups is 1. The smallest absolute Gasteiger partial charge is 0.230 e. The van der Waals surface area contributed by atoms with Gasteiger partial charge in [-0.2, -0.15) is 0 Å². The second-order valence-electron chi connectivity index (χ2n) is 5.24. The fourth-order valence-corrected chi connectivity index (χ4v) is 3.01. The van der Waals surface area contributed by atoms with Gasteiger partial charge in [-0.1, -0.05) is 29.8 Å². The second kappa shape index (κ2) is 9.55. The first-order valence-corrected chi connectivity index (χ1v) is 9.05. The van der Waals surface area contributed by atoms with Crippen LogP contribution in [0.15, 0.2) is 42.5 Å². The average Bonchev–Trinajstić information content (AvgIpc) is 2.54. The molecule has 3 nitrogen and oxygen atoms in total. The minimum Gasteiger partial charge on any atom is -0.492 e. The fourth-order valence-electron chi connectivity index (χ4n) is 2.01. The molecule has 2 aromatic rings. The molecular weight excluding hydrogens is 349 g/mol. The van der Waals surface area contributed by atoms with Crippen LogP contribution in [0.3, 0.4) is 0 Å². The van der Waals surface area contributed by atoms with Gasteiger partial charge in [-0.05, 0) is 42.3 Å². The van der Waals surface area contributed by atoms with Gasteiger partial charge in [0.2, 0.25) is 5.91 Å². The monoisotopic (exact) mass is 367 g/mol. The zero-order valence-corrected chi connectivity index (χ0v) is 14.9. The molecule has 0 unspecified atom stereocenters. The van der Waals surface area contributed by atoms with Crippen LogP contribution in [0.25, 0.3) is 0 Å². The Hall–Kier alpha value is -1.72. The largest absolute Gasteiger partial charge is 0.492 e. The molecule has 128 valence electrons. The summed E-state index contributed by atoms with van der Waals surface area (Å²) in [6.45, 7) is 2.84. The van der Waals surface area contributed by atoms with Crippen molar-refractivity contribution in [2.24, 2.45) is 0 Å². The van der Waals surface area contributed by atoms with Gasteiger partial charge in [0, 0.05) is 10.8 Å². The summed E-state index contributed by atoms with van der Waals surface area (Å²) >= 11 is 7.06. The first-order chi connectivity index (χ1) is 11.5. The lowest BCUT2D eigenvalue weighted by Crippen LogP contribution is -2.29. The SMILES string of the molecule is Cc1cccc(OCCNC(=O)CSCc2ccc(Cl)cc2F)c1. The Morgan fingerprint density at radius 3 is 2.88 bits per heavy atom. The summed E-state index contributed by atoms with van der Waals surface area (Å²) in [6.07, 6.45) is 0. The molecule has 0 radical (unpaired) electrons. The first-order valence-electron chi connectivity index (χ1n) is 7.52. The topological polar surface area (TPSA) is 38.3 Å². The van der Waals surface area contributed by atoms with E-state index in [2.05, 4.69) is 5.32 Å². The van der Waals surface area contributed by atoms with Crippen LogP contribution in [-0.2, 0) is 10.5 Å². The van der Waals surface area contributed by atoms with Crippen LogP contribution in [0.1, 0.15) is 11.1 Å². The van der Waals surface area contributed by atoms with E-state index in [1.807, 2.05) is 31.2 Å². The van der Waals surface area contributed by atoms with Crippen molar-refractivity contribution >= 4 is 29.3 Å². The molecular formula is C18H19ClFNO2S. The van der Waals surface area contributed by atoms with Gasteiger partial charge in [0.15, 0.2) is 0 Å². The van der Waals surface area contributed by atoms with Crippen LogP contribution in [0.2, 0.25) is 5.02 Å². The number of carbonyl (C=O) groups excluding carboxylic acids is 1. The molecule has 0 heterocycles. The molecule has 2 aromatic carbocycles. The van der Waals surface area contributed by atoms with E-state index >= 15 is 0 Å². The maximum atomic E-state index is 13.6. The van der Waals surface area contributed by atoms with E-state index in [4.69, 9.17) is 16.3 Å². The number of benzene rings is 2. The highest BCUT2D eigenvalue weighted by Crippen LogP contribution is 2.19. The molecule has 0 saturated heterocycles. The van der Waals surface area contributed by atoms with Crippen LogP contribution in [0.5, 0.6) is 5.75 Å². The van der Waals surface area contributed by atoms with Gasteiger partial charge in [0.1, 0.15) is 18.2 Å². The van der Waals surface area contributed by atoms with Gasteiger partial charge in [0.25, 0.3) is 0 Å². The summed E-state index contributed by atoms with van der Waals surface area (Å²) in [5.74, 6) is 1.05. The Bertz CT molecular complexity index is 696. The van der Waals surface area contributed by atoms with Crippen LogP contribution in [0.4, 0.5) is 4.39 Å². The van der Waals surface area contributed by atoms with Gasteiger partial charge in [-0.25, -0.2) is 4.39 Å². The molecule has 0 atom stereocenters. The van der Waals surface area contributed by atoms with E-state index in [9.17, 15) is 9.18 Å². The maximum Gasteiger partial charge on any atom is 0.230 e. The van der Waals surface area contributed by atoms with E-state index in [0.29, 0.717) is 29.5 Å². The van der Waals surface area contributed by atoms with Crippen LogP contribution in [-0.4, -0.2) is 24.8 Å². The fraction of sp³-hybridized carbons (Fsp3) is 0.278. The van der Waals surface area contributed by atoms with Crippen LogP contribution < -0.4 is 10.1 Å². The number of hydrogen-bond acceptors (Lipinski definition) is 3. The number of ether oxygens (including phenoxy) is 1. The van der Waals surface area contributed by atoms with E-state index in [1.54, 1.807) is 12.1 Å². The minimum atomic E-state index is -0.345. The molecule has 0 saturated carbocycles. The number of aryl methyl sites for hydroxylation is 1. The predicted molar refractivity (Wildman–Crippen MR) is 97.3 cm³/mol.